The molecule has 10 heteroatoms. The molecule has 4 aromatic rings. The van der Waals surface area contributed by atoms with Crippen LogP contribution in [0, 0.1) is 0 Å². The number of nitrogen functional groups attached to an aromatic ring is 2. The Bertz CT molecular complexity index is 1240. The summed E-state index contributed by atoms with van der Waals surface area (Å²) >= 11 is 0. The Hall–Kier alpha value is -4.47. The van der Waals surface area contributed by atoms with Crippen molar-refractivity contribution < 1.29 is 14.6 Å². The second kappa shape index (κ2) is 8.11. The molecule has 0 bridgehead atoms. The molecule has 2 aromatic heterocycles. The number of nitrogens with zero attached hydrogens (tertiary/aromatic N) is 5. The van der Waals surface area contributed by atoms with Crippen LogP contribution in [0.3, 0.4) is 0 Å². The van der Waals surface area contributed by atoms with Gasteiger partial charge in [0.15, 0.2) is 17.0 Å². The first-order valence-electron chi connectivity index (χ1n) is 9.26. The van der Waals surface area contributed by atoms with Gasteiger partial charge in [0.05, 0.1) is 24.0 Å². The van der Waals surface area contributed by atoms with E-state index in [9.17, 15) is 9.90 Å². The number of carbonyl (C=O) groups is 1. The van der Waals surface area contributed by atoms with Crippen molar-refractivity contribution in [1.29, 1.82) is 0 Å². The molecule has 0 unspecified atom stereocenters. The van der Waals surface area contributed by atoms with Crippen LogP contribution in [-0.4, -0.2) is 38.1 Å². The minimum absolute atomic E-state index is 0.0493. The lowest BCUT2D eigenvalue weighted by Gasteiger charge is -2.19. The van der Waals surface area contributed by atoms with Crippen LogP contribution in [0.2, 0.25) is 0 Å². The Labute approximate surface area is 177 Å². The molecule has 156 valence electrons. The van der Waals surface area contributed by atoms with E-state index in [0.717, 1.165) is 5.69 Å². The van der Waals surface area contributed by atoms with E-state index in [-0.39, 0.29) is 17.5 Å². The number of hydrogen-bond donors (Lipinski definition) is 3. The van der Waals surface area contributed by atoms with Crippen LogP contribution < -0.4 is 21.1 Å². The Kier molecular flexibility index (Phi) is 5.19. The highest BCUT2D eigenvalue weighted by Crippen LogP contribution is 2.20. The average molecular weight is 417 g/mol. The first-order chi connectivity index (χ1) is 14.9. The van der Waals surface area contributed by atoms with Gasteiger partial charge in [0, 0.05) is 12.7 Å². The zero-order chi connectivity index (χ0) is 22.0. The minimum atomic E-state index is -0.491. The largest absolute Gasteiger partial charge is 0.508 e. The monoisotopic (exact) mass is 417 g/mol. The summed E-state index contributed by atoms with van der Waals surface area (Å²) in [5, 5.41) is 9.30. The number of ether oxygens (including phenoxy) is 1. The number of hydrogen-bond acceptors (Lipinski definition) is 10. The molecule has 0 aliphatic rings. The quantitative estimate of drug-likeness (QED) is 0.325. The fourth-order valence-corrected chi connectivity index (χ4v) is 2.93. The van der Waals surface area contributed by atoms with Crippen molar-refractivity contribution >= 4 is 34.6 Å². The first kappa shape index (κ1) is 19.8. The number of fused-ring (bicyclic) bond motifs is 1. The van der Waals surface area contributed by atoms with Crippen LogP contribution in [0.25, 0.3) is 11.2 Å². The lowest BCUT2D eigenvalue weighted by molar-refractivity contribution is 0.0734. The number of benzene rings is 2. The zero-order valence-corrected chi connectivity index (χ0v) is 16.6. The van der Waals surface area contributed by atoms with Crippen LogP contribution in [0.15, 0.2) is 54.7 Å². The zero-order valence-electron chi connectivity index (χ0n) is 16.6. The molecule has 2 heterocycles. The number of phenolic OH excluding ortho intramolecular Hbond substituents is 1. The van der Waals surface area contributed by atoms with Crippen molar-refractivity contribution in [3.05, 3.63) is 66.0 Å². The van der Waals surface area contributed by atoms with E-state index < -0.39 is 5.97 Å². The van der Waals surface area contributed by atoms with E-state index in [1.165, 1.54) is 24.3 Å². The van der Waals surface area contributed by atoms with E-state index in [2.05, 4.69) is 19.9 Å². The number of nitrogens with two attached hydrogens (primary N) is 2. The smallest absolute Gasteiger partial charge is 0.343 e. The number of anilines is 3. The van der Waals surface area contributed by atoms with Crippen molar-refractivity contribution in [3.8, 4) is 11.5 Å². The van der Waals surface area contributed by atoms with E-state index >= 15 is 0 Å². The van der Waals surface area contributed by atoms with Gasteiger partial charge < -0.3 is 26.2 Å². The maximum Gasteiger partial charge on any atom is 0.343 e. The summed E-state index contributed by atoms with van der Waals surface area (Å²) in [4.78, 5) is 30.9. The van der Waals surface area contributed by atoms with E-state index in [0.29, 0.717) is 34.7 Å². The molecule has 4 rings (SSSR count). The van der Waals surface area contributed by atoms with E-state index in [1.807, 2.05) is 11.9 Å². The minimum Gasteiger partial charge on any atom is -0.508 e. The fourth-order valence-electron chi connectivity index (χ4n) is 2.93. The molecule has 0 spiro atoms. The van der Waals surface area contributed by atoms with Gasteiger partial charge >= 0.3 is 5.97 Å². The summed E-state index contributed by atoms with van der Waals surface area (Å²) in [7, 11) is 1.89. The van der Waals surface area contributed by atoms with Gasteiger partial charge in [0.2, 0.25) is 5.95 Å². The van der Waals surface area contributed by atoms with Crippen LogP contribution in [0.4, 0.5) is 17.5 Å². The van der Waals surface area contributed by atoms with Gasteiger partial charge in [0.1, 0.15) is 11.5 Å². The van der Waals surface area contributed by atoms with Crippen LogP contribution in [0.1, 0.15) is 16.1 Å². The normalized spacial score (nSPS) is 10.7. The molecular formula is C21H19N7O3. The van der Waals surface area contributed by atoms with Gasteiger partial charge in [-0.15, -0.1) is 0 Å². The molecule has 0 amide bonds. The van der Waals surface area contributed by atoms with Crippen molar-refractivity contribution in [2.75, 3.05) is 23.4 Å². The van der Waals surface area contributed by atoms with Crippen molar-refractivity contribution in [3.63, 3.8) is 0 Å². The standard InChI is InChI=1S/C21H19N7O3/c1-28(11-13-10-24-19-17(25-13)18(22)26-21(23)27-19)14-4-2-12(3-5-14)20(30)31-16-8-6-15(29)7-9-16/h2-10,29H,11H2,1H3,(H4,22,23,24,26,27). The lowest BCUT2D eigenvalue weighted by Crippen LogP contribution is -2.18. The SMILES string of the molecule is CN(Cc1cnc2nc(N)nc(N)c2n1)c1ccc(C(=O)Oc2ccc(O)cc2)cc1. The van der Waals surface area contributed by atoms with Crippen LogP contribution in [0.5, 0.6) is 11.5 Å². The molecule has 0 saturated heterocycles. The first-order valence-corrected chi connectivity index (χ1v) is 9.26. The highest BCUT2D eigenvalue weighted by Gasteiger charge is 2.12. The van der Waals surface area contributed by atoms with Gasteiger partial charge in [-0.05, 0) is 48.5 Å². The molecule has 0 radical (unpaired) electrons. The highest BCUT2D eigenvalue weighted by molar-refractivity contribution is 5.91. The predicted molar refractivity (Wildman–Crippen MR) is 116 cm³/mol. The summed E-state index contributed by atoms with van der Waals surface area (Å²) in [6, 6.07) is 12.9. The summed E-state index contributed by atoms with van der Waals surface area (Å²) in [6.07, 6.45) is 1.61. The molecule has 2 aromatic carbocycles. The summed E-state index contributed by atoms with van der Waals surface area (Å²) < 4.78 is 5.30. The third-order valence-corrected chi connectivity index (χ3v) is 4.49. The maximum atomic E-state index is 12.3. The third-order valence-electron chi connectivity index (χ3n) is 4.49. The topological polar surface area (TPSA) is 153 Å². The molecule has 10 nitrogen and oxygen atoms in total. The number of aromatic nitrogens is 4. The molecule has 0 aliphatic heterocycles. The van der Waals surface area contributed by atoms with Crippen LogP contribution in [-0.2, 0) is 6.54 Å². The van der Waals surface area contributed by atoms with Gasteiger partial charge in [-0.2, -0.15) is 9.97 Å². The lowest BCUT2D eigenvalue weighted by atomic mass is 10.2. The molecule has 0 saturated carbocycles. The Morgan fingerprint density at radius 1 is 1.03 bits per heavy atom. The molecular weight excluding hydrogens is 398 g/mol. The summed E-state index contributed by atoms with van der Waals surface area (Å²) in [5.41, 5.74) is 14.1. The Morgan fingerprint density at radius 3 is 2.45 bits per heavy atom. The van der Waals surface area contributed by atoms with Gasteiger partial charge in [0.25, 0.3) is 0 Å². The number of carbonyl (C=O) groups excluding carboxylic acids is 1. The summed E-state index contributed by atoms with van der Waals surface area (Å²) in [6.45, 7) is 0.448. The Balaban J connectivity index is 1.45. The van der Waals surface area contributed by atoms with E-state index in [1.54, 1.807) is 30.5 Å². The van der Waals surface area contributed by atoms with Gasteiger partial charge in [-0.25, -0.2) is 14.8 Å². The fraction of sp³-hybridized carbons (Fsp3) is 0.0952. The Morgan fingerprint density at radius 2 is 1.74 bits per heavy atom. The molecule has 31 heavy (non-hydrogen) atoms. The maximum absolute atomic E-state index is 12.3. The van der Waals surface area contributed by atoms with Crippen LogP contribution >= 0.6 is 0 Å². The van der Waals surface area contributed by atoms with Gasteiger partial charge in [-0.3, -0.25) is 0 Å². The number of aromatic hydroxyl groups is 1. The van der Waals surface area contributed by atoms with Crippen molar-refractivity contribution in [2.45, 2.75) is 6.54 Å². The molecule has 0 fully saturated rings. The third kappa shape index (κ3) is 4.42. The van der Waals surface area contributed by atoms with E-state index in [4.69, 9.17) is 16.2 Å². The van der Waals surface area contributed by atoms with Crippen molar-refractivity contribution in [1.82, 2.24) is 19.9 Å². The second-order valence-electron chi connectivity index (χ2n) is 6.79. The molecule has 5 N–H and O–H groups in total. The van der Waals surface area contributed by atoms with Crippen molar-refractivity contribution in [2.24, 2.45) is 0 Å². The predicted octanol–water partition coefficient (Wildman–Crippen LogP) is 2.15. The molecule has 0 aliphatic carbocycles. The average Bonchev–Trinajstić information content (AvgIpc) is 2.76. The number of esters is 1. The number of phenols is 1. The summed E-state index contributed by atoms with van der Waals surface area (Å²) in [5.74, 6) is 0.186. The number of rotatable bonds is 5. The highest BCUT2D eigenvalue weighted by atomic mass is 16.5. The molecule has 0 atom stereocenters. The van der Waals surface area contributed by atoms with Gasteiger partial charge in [-0.1, -0.05) is 0 Å². The second-order valence-corrected chi connectivity index (χ2v) is 6.79.